The molecule has 0 aliphatic rings. The smallest absolute Gasteiger partial charge is 0.252 e. The van der Waals surface area contributed by atoms with Crippen molar-refractivity contribution in [2.45, 2.75) is 19.9 Å². The summed E-state index contributed by atoms with van der Waals surface area (Å²) in [6, 6.07) is 10.0. The highest BCUT2D eigenvalue weighted by Gasteiger charge is 2.18. The minimum absolute atomic E-state index is 0.0124. The van der Waals surface area contributed by atoms with Gasteiger partial charge in [0.1, 0.15) is 5.75 Å². The standard InChI is InChI=1S/C18H24N2O2S/c1-12-9-16(13(2)23-12)18(21)19-11-17(20(3)4)14-7-6-8-15(10-14)22-5/h6-10,17H,11H2,1-5H3,(H,19,21). The molecule has 1 aromatic heterocycles. The van der Waals surface area contributed by atoms with Crippen molar-refractivity contribution in [2.24, 2.45) is 0 Å². The Hall–Kier alpha value is -1.85. The van der Waals surface area contributed by atoms with Crippen LogP contribution in [-0.4, -0.2) is 38.6 Å². The predicted molar refractivity (Wildman–Crippen MR) is 95.5 cm³/mol. The van der Waals surface area contributed by atoms with Crippen molar-refractivity contribution >= 4 is 17.2 Å². The average Bonchev–Trinajstić information content (AvgIpc) is 2.86. The maximum Gasteiger partial charge on any atom is 0.252 e. The van der Waals surface area contributed by atoms with E-state index in [1.807, 2.05) is 52.2 Å². The molecular formula is C18H24N2O2S. The number of ether oxygens (including phenoxy) is 1. The van der Waals surface area contributed by atoms with Crippen LogP contribution in [0.2, 0.25) is 0 Å². The number of nitrogens with one attached hydrogen (secondary N) is 1. The summed E-state index contributed by atoms with van der Waals surface area (Å²) in [5.41, 5.74) is 1.89. The first-order valence-corrected chi connectivity index (χ1v) is 8.39. The Morgan fingerprint density at radius 1 is 1.30 bits per heavy atom. The molecule has 1 unspecified atom stereocenters. The number of carbonyl (C=O) groups is 1. The van der Waals surface area contributed by atoms with E-state index in [2.05, 4.69) is 16.3 Å². The molecule has 23 heavy (non-hydrogen) atoms. The molecule has 1 N–H and O–H groups in total. The zero-order valence-electron chi connectivity index (χ0n) is 14.3. The lowest BCUT2D eigenvalue weighted by atomic mass is 10.1. The Morgan fingerprint density at radius 2 is 2.04 bits per heavy atom. The van der Waals surface area contributed by atoms with Gasteiger partial charge in [-0.05, 0) is 51.7 Å². The van der Waals surface area contributed by atoms with E-state index in [-0.39, 0.29) is 11.9 Å². The van der Waals surface area contributed by atoms with Gasteiger partial charge < -0.3 is 15.0 Å². The van der Waals surface area contributed by atoms with Gasteiger partial charge in [0.05, 0.1) is 18.7 Å². The number of benzene rings is 1. The van der Waals surface area contributed by atoms with Crippen LogP contribution in [0.3, 0.4) is 0 Å². The van der Waals surface area contributed by atoms with Crippen LogP contribution in [0, 0.1) is 13.8 Å². The molecule has 2 rings (SSSR count). The quantitative estimate of drug-likeness (QED) is 0.881. The lowest BCUT2D eigenvalue weighted by Gasteiger charge is -2.25. The van der Waals surface area contributed by atoms with Crippen molar-refractivity contribution < 1.29 is 9.53 Å². The summed E-state index contributed by atoms with van der Waals surface area (Å²) < 4.78 is 5.29. The van der Waals surface area contributed by atoms with E-state index in [9.17, 15) is 4.79 Å². The Morgan fingerprint density at radius 3 is 2.61 bits per heavy atom. The third kappa shape index (κ3) is 4.33. The number of hydrogen-bond acceptors (Lipinski definition) is 4. The fourth-order valence-electron chi connectivity index (χ4n) is 2.59. The second kappa shape index (κ2) is 7.62. The summed E-state index contributed by atoms with van der Waals surface area (Å²) in [5, 5.41) is 3.06. The second-order valence-corrected chi connectivity index (χ2v) is 7.25. The van der Waals surface area contributed by atoms with Gasteiger partial charge in [0.25, 0.3) is 5.91 Å². The molecule has 0 bridgehead atoms. The molecule has 1 amide bonds. The first-order chi connectivity index (χ1) is 10.9. The van der Waals surface area contributed by atoms with Gasteiger partial charge in [0.2, 0.25) is 0 Å². The highest BCUT2D eigenvalue weighted by molar-refractivity contribution is 7.12. The van der Waals surface area contributed by atoms with Gasteiger partial charge in [-0.25, -0.2) is 0 Å². The Balaban J connectivity index is 2.11. The number of methoxy groups -OCH3 is 1. The molecule has 1 aromatic carbocycles. The molecule has 0 spiro atoms. The number of rotatable bonds is 6. The van der Waals surface area contributed by atoms with Crippen molar-refractivity contribution in [1.29, 1.82) is 0 Å². The third-order valence-electron chi connectivity index (χ3n) is 3.84. The zero-order chi connectivity index (χ0) is 17.0. The summed E-state index contributed by atoms with van der Waals surface area (Å²) in [5.74, 6) is 0.812. The van der Waals surface area contributed by atoms with Crippen LogP contribution in [0.25, 0.3) is 0 Å². The molecule has 4 nitrogen and oxygen atoms in total. The molecule has 124 valence electrons. The molecule has 0 aliphatic heterocycles. The minimum atomic E-state index is -0.0124. The molecule has 0 aliphatic carbocycles. The first-order valence-electron chi connectivity index (χ1n) is 7.58. The summed E-state index contributed by atoms with van der Waals surface area (Å²) in [6.45, 7) is 4.55. The van der Waals surface area contributed by atoms with E-state index < -0.39 is 0 Å². The number of carbonyl (C=O) groups excluding carboxylic acids is 1. The van der Waals surface area contributed by atoms with Gasteiger partial charge >= 0.3 is 0 Å². The molecule has 2 aromatic rings. The molecule has 0 radical (unpaired) electrons. The van der Waals surface area contributed by atoms with Crippen LogP contribution in [0.5, 0.6) is 5.75 Å². The van der Waals surface area contributed by atoms with Crippen LogP contribution >= 0.6 is 11.3 Å². The van der Waals surface area contributed by atoms with Gasteiger partial charge in [-0.1, -0.05) is 12.1 Å². The normalized spacial score (nSPS) is 12.3. The largest absolute Gasteiger partial charge is 0.497 e. The van der Waals surface area contributed by atoms with E-state index >= 15 is 0 Å². The van der Waals surface area contributed by atoms with Gasteiger partial charge in [0.15, 0.2) is 0 Å². The molecular weight excluding hydrogens is 308 g/mol. The maximum atomic E-state index is 12.4. The van der Waals surface area contributed by atoms with Gasteiger partial charge in [-0.3, -0.25) is 4.79 Å². The number of aryl methyl sites for hydroxylation is 2. The Labute approximate surface area is 142 Å². The van der Waals surface area contributed by atoms with Crippen LogP contribution in [0.1, 0.15) is 31.7 Å². The zero-order valence-corrected chi connectivity index (χ0v) is 15.2. The van der Waals surface area contributed by atoms with E-state index in [0.717, 1.165) is 26.6 Å². The molecule has 5 heteroatoms. The van der Waals surface area contributed by atoms with E-state index in [1.165, 1.54) is 0 Å². The van der Waals surface area contributed by atoms with Crippen LogP contribution in [-0.2, 0) is 0 Å². The molecule has 1 heterocycles. The summed E-state index contributed by atoms with van der Waals surface area (Å²) in [6.07, 6.45) is 0. The van der Waals surface area contributed by atoms with Gasteiger partial charge in [-0.15, -0.1) is 11.3 Å². The maximum absolute atomic E-state index is 12.4. The third-order valence-corrected chi connectivity index (χ3v) is 4.81. The van der Waals surface area contributed by atoms with E-state index in [4.69, 9.17) is 4.74 Å². The summed E-state index contributed by atoms with van der Waals surface area (Å²) in [7, 11) is 5.68. The number of thiophene rings is 1. The van der Waals surface area contributed by atoms with Crippen molar-refractivity contribution in [1.82, 2.24) is 10.2 Å². The topological polar surface area (TPSA) is 41.6 Å². The lowest BCUT2D eigenvalue weighted by molar-refractivity contribution is 0.0942. The van der Waals surface area contributed by atoms with Crippen molar-refractivity contribution in [3.63, 3.8) is 0 Å². The molecule has 1 atom stereocenters. The van der Waals surface area contributed by atoms with Crippen molar-refractivity contribution in [3.8, 4) is 5.75 Å². The average molecular weight is 332 g/mol. The number of hydrogen-bond donors (Lipinski definition) is 1. The van der Waals surface area contributed by atoms with Gasteiger partial charge in [-0.2, -0.15) is 0 Å². The monoisotopic (exact) mass is 332 g/mol. The number of amides is 1. The Kier molecular flexibility index (Phi) is 5.80. The number of nitrogens with zero attached hydrogens (tertiary/aromatic N) is 1. The van der Waals surface area contributed by atoms with Gasteiger partial charge in [0, 0.05) is 16.3 Å². The number of likely N-dealkylation sites (N-methyl/N-ethyl adjacent to an activating group) is 1. The molecule has 0 fully saturated rings. The molecule has 0 saturated heterocycles. The van der Waals surface area contributed by atoms with E-state index in [1.54, 1.807) is 18.4 Å². The second-order valence-electron chi connectivity index (χ2n) is 5.79. The first kappa shape index (κ1) is 17.5. The highest BCUT2D eigenvalue weighted by atomic mass is 32.1. The van der Waals surface area contributed by atoms with Crippen molar-refractivity contribution in [2.75, 3.05) is 27.7 Å². The fraction of sp³-hybridized carbons (Fsp3) is 0.389. The lowest BCUT2D eigenvalue weighted by Crippen LogP contribution is -2.34. The summed E-state index contributed by atoms with van der Waals surface area (Å²) in [4.78, 5) is 16.7. The minimum Gasteiger partial charge on any atom is -0.497 e. The predicted octanol–water partition coefficient (Wildman–Crippen LogP) is 3.41. The van der Waals surface area contributed by atoms with Crippen LogP contribution in [0.15, 0.2) is 30.3 Å². The molecule has 0 saturated carbocycles. The fourth-order valence-corrected chi connectivity index (χ4v) is 3.51. The van der Waals surface area contributed by atoms with Crippen LogP contribution in [0.4, 0.5) is 0 Å². The summed E-state index contributed by atoms with van der Waals surface area (Å²) >= 11 is 1.65. The van der Waals surface area contributed by atoms with E-state index in [0.29, 0.717) is 6.54 Å². The van der Waals surface area contributed by atoms with Crippen LogP contribution < -0.4 is 10.1 Å². The Bertz CT molecular complexity index is 679. The van der Waals surface area contributed by atoms with Crippen molar-refractivity contribution in [3.05, 3.63) is 51.2 Å². The SMILES string of the molecule is COc1cccc(C(CNC(=O)c2cc(C)sc2C)N(C)C)c1. The highest BCUT2D eigenvalue weighted by Crippen LogP contribution is 2.23.